The molecule has 1 aromatic carbocycles. The highest BCUT2D eigenvalue weighted by Crippen LogP contribution is 2.18. The Morgan fingerprint density at radius 2 is 1.75 bits per heavy atom. The number of morpholine rings is 1. The third-order valence-corrected chi connectivity index (χ3v) is 3.84. The normalized spacial score (nSPS) is 14.3. The first-order valence-corrected chi connectivity index (χ1v) is 7.87. The molecule has 1 aromatic heterocycles. The molecular formula is C17H21N5O2. The number of nitrogens with zero attached hydrogens (tertiary/aromatic N) is 4. The van der Waals surface area contributed by atoms with Gasteiger partial charge in [-0.1, -0.05) is 0 Å². The first-order chi connectivity index (χ1) is 11.6. The van der Waals surface area contributed by atoms with Gasteiger partial charge in [-0.2, -0.15) is 0 Å². The molecule has 0 radical (unpaired) electrons. The van der Waals surface area contributed by atoms with Crippen LogP contribution in [0, 0.1) is 0 Å². The van der Waals surface area contributed by atoms with E-state index in [2.05, 4.69) is 15.3 Å². The molecule has 1 aliphatic heterocycles. The van der Waals surface area contributed by atoms with Gasteiger partial charge in [0, 0.05) is 51.0 Å². The van der Waals surface area contributed by atoms with Crippen molar-refractivity contribution in [2.45, 2.75) is 0 Å². The summed E-state index contributed by atoms with van der Waals surface area (Å²) in [5.74, 6) is 0.409. The zero-order valence-electron chi connectivity index (χ0n) is 13.9. The highest BCUT2D eigenvalue weighted by Gasteiger charge is 2.19. The highest BCUT2D eigenvalue weighted by atomic mass is 16.5. The summed E-state index contributed by atoms with van der Waals surface area (Å²) < 4.78 is 5.26. The van der Waals surface area contributed by atoms with Gasteiger partial charge in [0.15, 0.2) is 0 Å². The zero-order valence-corrected chi connectivity index (χ0v) is 13.9. The van der Waals surface area contributed by atoms with Crippen molar-refractivity contribution in [2.75, 3.05) is 50.6 Å². The van der Waals surface area contributed by atoms with Crippen LogP contribution in [0.5, 0.6) is 0 Å². The molecule has 24 heavy (non-hydrogen) atoms. The lowest BCUT2D eigenvalue weighted by Gasteiger charge is -2.26. The van der Waals surface area contributed by atoms with E-state index in [-0.39, 0.29) is 5.91 Å². The van der Waals surface area contributed by atoms with Crippen molar-refractivity contribution in [1.29, 1.82) is 0 Å². The first kappa shape index (κ1) is 16.2. The van der Waals surface area contributed by atoms with Crippen molar-refractivity contribution < 1.29 is 9.53 Å². The Balaban J connectivity index is 1.64. The molecule has 2 heterocycles. The molecule has 2 aromatic rings. The van der Waals surface area contributed by atoms with E-state index in [1.54, 1.807) is 17.3 Å². The number of hydrogen-bond donors (Lipinski definition) is 1. The Hall–Kier alpha value is -2.67. The van der Waals surface area contributed by atoms with Crippen LogP contribution in [0.15, 0.2) is 36.7 Å². The van der Waals surface area contributed by atoms with Crippen LogP contribution < -0.4 is 10.2 Å². The van der Waals surface area contributed by atoms with Crippen molar-refractivity contribution in [1.82, 2.24) is 14.9 Å². The van der Waals surface area contributed by atoms with E-state index in [0.717, 1.165) is 11.4 Å². The maximum atomic E-state index is 12.3. The number of aromatic nitrogens is 2. The SMILES string of the molecule is CN(C)c1ccc(Nc2ncc(C(=O)N3CCOCC3)cn2)cc1. The van der Waals surface area contributed by atoms with Crippen molar-refractivity contribution in [3.05, 3.63) is 42.2 Å². The molecule has 0 unspecified atom stereocenters. The second-order valence-electron chi connectivity index (χ2n) is 5.77. The number of anilines is 3. The van der Waals surface area contributed by atoms with Crippen LogP contribution in [-0.4, -0.2) is 61.2 Å². The maximum absolute atomic E-state index is 12.3. The van der Waals surface area contributed by atoms with E-state index < -0.39 is 0 Å². The van der Waals surface area contributed by atoms with Gasteiger partial charge in [0.1, 0.15) is 0 Å². The van der Waals surface area contributed by atoms with Crippen LogP contribution in [-0.2, 0) is 4.74 Å². The molecule has 1 fully saturated rings. The summed E-state index contributed by atoms with van der Waals surface area (Å²) in [6.45, 7) is 2.37. The average Bonchev–Trinajstić information content (AvgIpc) is 2.63. The second-order valence-corrected chi connectivity index (χ2v) is 5.77. The fourth-order valence-electron chi connectivity index (χ4n) is 2.42. The lowest BCUT2D eigenvalue weighted by Crippen LogP contribution is -2.40. The summed E-state index contributed by atoms with van der Waals surface area (Å²) in [7, 11) is 3.99. The van der Waals surface area contributed by atoms with Gasteiger partial charge in [0.2, 0.25) is 5.95 Å². The molecule has 0 bridgehead atoms. The number of carbonyl (C=O) groups is 1. The summed E-state index contributed by atoms with van der Waals surface area (Å²) in [6, 6.07) is 7.95. The summed E-state index contributed by atoms with van der Waals surface area (Å²) in [4.78, 5) is 24.6. The zero-order chi connectivity index (χ0) is 16.9. The molecule has 1 aliphatic rings. The summed E-state index contributed by atoms with van der Waals surface area (Å²) in [6.07, 6.45) is 3.11. The number of benzene rings is 1. The van der Waals surface area contributed by atoms with Crippen molar-refractivity contribution in [3.8, 4) is 0 Å². The molecule has 0 aliphatic carbocycles. The molecule has 1 N–H and O–H groups in total. The maximum Gasteiger partial charge on any atom is 0.257 e. The molecule has 126 valence electrons. The first-order valence-electron chi connectivity index (χ1n) is 7.87. The van der Waals surface area contributed by atoms with Gasteiger partial charge in [0.25, 0.3) is 5.91 Å². The second kappa shape index (κ2) is 7.27. The lowest BCUT2D eigenvalue weighted by molar-refractivity contribution is 0.0302. The summed E-state index contributed by atoms with van der Waals surface area (Å²) in [5, 5.41) is 3.13. The number of carbonyl (C=O) groups excluding carboxylic acids is 1. The average molecular weight is 327 g/mol. The van der Waals surface area contributed by atoms with Crippen LogP contribution in [0.1, 0.15) is 10.4 Å². The van der Waals surface area contributed by atoms with Crippen LogP contribution in [0.3, 0.4) is 0 Å². The van der Waals surface area contributed by atoms with Crippen LogP contribution in [0.2, 0.25) is 0 Å². The molecule has 0 spiro atoms. The molecule has 7 nitrogen and oxygen atoms in total. The van der Waals surface area contributed by atoms with Crippen molar-refractivity contribution in [3.63, 3.8) is 0 Å². The molecular weight excluding hydrogens is 306 g/mol. The van der Waals surface area contributed by atoms with E-state index in [4.69, 9.17) is 4.74 Å². The molecule has 7 heteroatoms. The minimum Gasteiger partial charge on any atom is -0.378 e. The minimum absolute atomic E-state index is 0.0554. The van der Waals surface area contributed by atoms with Gasteiger partial charge in [0.05, 0.1) is 18.8 Å². The van der Waals surface area contributed by atoms with Crippen LogP contribution in [0.25, 0.3) is 0 Å². The summed E-state index contributed by atoms with van der Waals surface area (Å²) in [5.41, 5.74) is 2.51. The van der Waals surface area contributed by atoms with E-state index in [1.165, 1.54) is 0 Å². The third kappa shape index (κ3) is 3.80. The predicted molar refractivity (Wildman–Crippen MR) is 92.8 cm³/mol. The van der Waals surface area contributed by atoms with Crippen LogP contribution >= 0.6 is 0 Å². The highest BCUT2D eigenvalue weighted by molar-refractivity contribution is 5.93. The van der Waals surface area contributed by atoms with Gasteiger partial charge < -0.3 is 19.9 Å². The van der Waals surface area contributed by atoms with Gasteiger partial charge in [-0.15, -0.1) is 0 Å². The smallest absolute Gasteiger partial charge is 0.257 e. The van der Waals surface area contributed by atoms with Gasteiger partial charge in [-0.3, -0.25) is 4.79 Å². The fraction of sp³-hybridized carbons (Fsp3) is 0.353. The van der Waals surface area contributed by atoms with E-state index in [1.807, 2.05) is 43.3 Å². The molecule has 0 saturated carbocycles. The largest absolute Gasteiger partial charge is 0.378 e. The molecule has 1 saturated heterocycles. The standard InChI is InChI=1S/C17H21N5O2/c1-21(2)15-5-3-14(4-6-15)20-17-18-11-13(12-19-17)16(23)22-7-9-24-10-8-22/h3-6,11-12H,7-10H2,1-2H3,(H,18,19,20). The lowest BCUT2D eigenvalue weighted by atomic mass is 10.2. The van der Waals surface area contributed by atoms with Crippen LogP contribution in [0.4, 0.5) is 17.3 Å². The van der Waals surface area contributed by atoms with Crippen molar-refractivity contribution in [2.24, 2.45) is 0 Å². The van der Waals surface area contributed by atoms with E-state index in [9.17, 15) is 4.79 Å². The van der Waals surface area contributed by atoms with E-state index in [0.29, 0.717) is 37.8 Å². The molecule has 1 amide bonds. The van der Waals surface area contributed by atoms with Gasteiger partial charge in [-0.05, 0) is 24.3 Å². The quantitative estimate of drug-likeness (QED) is 0.923. The predicted octanol–water partition coefficient (Wildman–Crippen LogP) is 1.76. The minimum atomic E-state index is -0.0554. The third-order valence-electron chi connectivity index (χ3n) is 3.84. The topological polar surface area (TPSA) is 70.6 Å². The Kier molecular flexibility index (Phi) is 4.90. The Morgan fingerprint density at radius 3 is 2.33 bits per heavy atom. The molecule has 0 atom stereocenters. The molecule has 3 rings (SSSR count). The monoisotopic (exact) mass is 327 g/mol. The Labute approximate surface area is 141 Å². The van der Waals surface area contributed by atoms with Gasteiger partial charge in [-0.25, -0.2) is 9.97 Å². The number of hydrogen-bond acceptors (Lipinski definition) is 6. The summed E-state index contributed by atoms with van der Waals surface area (Å²) >= 11 is 0. The number of rotatable bonds is 4. The number of nitrogens with one attached hydrogen (secondary N) is 1. The van der Waals surface area contributed by atoms with Gasteiger partial charge >= 0.3 is 0 Å². The Morgan fingerprint density at radius 1 is 1.12 bits per heavy atom. The van der Waals surface area contributed by atoms with E-state index >= 15 is 0 Å². The number of ether oxygens (including phenoxy) is 1. The fourth-order valence-corrected chi connectivity index (χ4v) is 2.42. The number of amides is 1. The van der Waals surface area contributed by atoms with Crippen molar-refractivity contribution >= 4 is 23.2 Å². The Bertz CT molecular complexity index is 679.